The zero-order valence-corrected chi connectivity index (χ0v) is 27.2. The molecule has 2 aromatic carbocycles. The number of methoxy groups -OCH3 is 1. The van der Waals surface area contributed by atoms with Crippen LogP contribution in [0.2, 0.25) is 0 Å². The van der Waals surface area contributed by atoms with Gasteiger partial charge in [-0.3, -0.25) is 9.79 Å². The van der Waals surface area contributed by atoms with Crippen molar-refractivity contribution >= 4 is 76.4 Å². The average Bonchev–Trinajstić information content (AvgIpc) is 3.41. The molecule has 1 atom stereocenters. The number of nitrogens with one attached hydrogen (secondary N) is 2. The molecule has 4 aromatic rings. The van der Waals surface area contributed by atoms with Crippen LogP contribution in [0.3, 0.4) is 0 Å². The van der Waals surface area contributed by atoms with Crippen molar-refractivity contribution < 1.29 is 9.53 Å². The van der Waals surface area contributed by atoms with Gasteiger partial charge in [0.25, 0.3) is 0 Å². The highest BCUT2D eigenvalue weighted by Gasteiger charge is 2.18. The fourth-order valence-corrected chi connectivity index (χ4v) is 5.71. The fourth-order valence-electron chi connectivity index (χ4n) is 4.48. The summed E-state index contributed by atoms with van der Waals surface area (Å²) in [5.41, 5.74) is 6.86. The van der Waals surface area contributed by atoms with E-state index in [1.54, 1.807) is 18.4 Å². The molecular weight excluding hydrogens is 565 g/mol. The highest BCUT2D eigenvalue weighted by Crippen LogP contribution is 2.39. The Balaban J connectivity index is 1.80. The lowest BCUT2D eigenvalue weighted by atomic mass is 10.0. The summed E-state index contributed by atoms with van der Waals surface area (Å²) in [7, 11) is 10.4. The minimum atomic E-state index is -0.304. The zero-order valence-electron chi connectivity index (χ0n) is 25.2. The SMILES string of the molecule is C=CC(=O)Nc1cc(Nc2nc(-c3cc(C)c(N=C(C)C)c(P)c3)c3ccsc3n2)c(OC)cc1N(C)CCN(C)C. The molecule has 0 saturated carbocycles. The maximum atomic E-state index is 12.4. The maximum absolute atomic E-state index is 12.4. The summed E-state index contributed by atoms with van der Waals surface area (Å²) in [4.78, 5) is 31.9. The van der Waals surface area contributed by atoms with Crippen molar-refractivity contribution in [2.45, 2.75) is 20.8 Å². The predicted molar refractivity (Wildman–Crippen MR) is 182 cm³/mol. The summed E-state index contributed by atoms with van der Waals surface area (Å²) in [6, 6.07) is 9.99. The topological polar surface area (TPSA) is 95.0 Å². The van der Waals surface area contributed by atoms with E-state index in [1.165, 1.54) is 6.08 Å². The number of fused-ring (bicyclic) bond motifs is 1. The third-order valence-electron chi connectivity index (χ3n) is 6.57. The van der Waals surface area contributed by atoms with E-state index in [1.807, 2.05) is 58.6 Å². The van der Waals surface area contributed by atoms with Crippen molar-refractivity contribution in [2.24, 2.45) is 4.99 Å². The van der Waals surface area contributed by atoms with E-state index in [0.29, 0.717) is 23.1 Å². The number of likely N-dealkylation sites (N-methyl/N-ethyl adjacent to an activating group) is 2. The number of rotatable bonds is 11. The smallest absolute Gasteiger partial charge is 0.247 e. The lowest BCUT2D eigenvalue weighted by Gasteiger charge is -2.26. The quantitative estimate of drug-likeness (QED) is 0.121. The van der Waals surface area contributed by atoms with E-state index >= 15 is 0 Å². The van der Waals surface area contributed by atoms with Gasteiger partial charge in [-0.25, -0.2) is 9.97 Å². The monoisotopic (exact) mass is 603 g/mol. The Labute approximate surface area is 253 Å². The van der Waals surface area contributed by atoms with Gasteiger partial charge < -0.3 is 25.2 Å². The van der Waals surface area contributed by atoms with Gasteiger partial charge in [-0.15, -0.1) is 20.6 Å². The van der Waals surface area contributed by atoms with E-state index in [9.17, 15) is 4.79 Å². The predicted octanol–water partition coefficient (Wildman–Crippen LogP) is 6.15. The van der Waals surface area contributed by atoms with Crippen LogP contribution in [0.1, 0.15) is 19.4 Å². The number of ether oxygens (including phenoxy) is 1. The number of benzene rings is 2. The lowest BCUT2D eigenvalue weighted by molar-refractivity contribution is -0.111. The number of hydrogen-bond acceptors (Lipinski definition) is 9. The first-order valence-electron chi connectivity index (χ1n) is 13.5. The summed E-state index contributed by atoms with van der Waals surface area (Å²) >= 11 is 1.55. The molecule has 0 bridgehead atoms. The van der Waals surface area contributed by atoms with Crippen LogP contribution in [-0.2, 0) is 4.79 Å². The van der Waals surface area contributed by atoms with Crippen molar-refractivity contribution in [2.75, 3.05) is 56.9 Å². The van der Waals surface area contributed by atoms with Gasteiger partial charge >= 0.3 is 0 Å². The first-order valence-corrected chi connectivity index (χ1v) is 14.9. The Hall–Kier alpha value is -3.85. The van der Waals surface area contributed by atoms with Crippen LogP contribution in [0.4, 0.5) is 28.7 Å². The molecule has 0 saturated heterocycles. The molecule has 1 unspecified atom stereocenters. The number of carbonyl (C=O) groups excluding carboxylic acids is 1. The molecule has 0 spiro atoms. The highest BCUT2D eigenvalue weighted by atomic mass is 32.1. The lowest BCUT2D eigenvalue weighted by Crippen LogP contribution is -2.29. The van der Waals surface area contributed by atoms with E-state index in [0.717, 1.165) is 62.5 Å². The van der Waals surface area contributed by atoms with Gasteiger partial charge in [-0.05, 0) is 81.5 Å². The molecule has 0 aliphatic carbocycles. The molecule has 0 radical (unpaired) electrons. The normalized spacial score (nSPS) is 11.0. The number of aliphatic imine (C=N–C) groups is 1. The van der Waals surface area contributed by atoms with Crippen molar-refractivity contribution in [3.63, 3.8) is 0 Å². The summed E-state index contributed by atoms with van der Waals surface area (Å²) in [6.45, 7) is 11.2. The molecule has 11 heteroatoms. The molecule has 2 heterocycles. The standard InChI is InChI=1S/C31H38N7O2PS/c1-9-27(39)33-22-16-23(25(40-8)17-24(22)38(7)12-11-37(5)6)34-31-35-29(21-10-13-42-30(21)36-31)20-14-19(4)28(26(41)15-20)32-18(2)3/h9-10,13-17H,1,11-12,41H2,2-8H3,(H,33,39)(H,34,35,36). The van der Waals surface area contributed by atoms with Crippen molar-refractivity contribution in [1.82, 2.24) is 14.9 Å². The van der Waals surface area contributed by atoms with Crippen LogP contribution in [0.15, 0.2) is 53.4 Å². The number of aromatic nitrogens is 2. The molecule has 0 fully saturated rings. The van der Waals surface area contributed by atoms with Crippen LogP contribution < -0.4 is 25.6 Å². The van der Waals surface area contributed by atoms with E-state index in [4.69, 9.17) is 19.7 Å². The van der Waals surface area contributed by atoms with Gasteiger partial charge in [0, 0.05) is 42.9 Å². The van der Waals surface area contributed by atoms with Crippen LogP contribution in [0.25, 0.3) is 21.5 Å². The minimum Gasteiger partial charge on any atom is -0.494 e. The first kappa shape index (κ1) is 31.1. The van der Waals surface area contributed by atoms with Crippen LogP contribution in [0, 0.1) is 6.92 Å². The Bertz CT molecular complexity index is 1640. The van der Waals surface area contributed by atoms with E-state index in [2.05, 4.69) is 55.3 Å². The molecule has 9 nitrogen and oxygen atoms in total. The Morgan fingerprint density at radius 1 is 1.14 bits per heavy atom. The van der Waals surface area contributed by atoms with Crippen molar-refractivity contribution in [1.29, 1.82) is 0 Å². The summed E-state index contributed by atoms with van der Waals surface area (Å²) < 4.78 is 5.78. The molecule has 220 valence electrons. The van der Waals surface area contributed by atoms with Gasteiger partial charge in [0.2, 0.25) is 11.9 Å². The van der Waals surface area contributed by atoms with Gasteiger partial charge in [-0.1, -0.05) is 6.58 Å². The highest BCUT2D eigenvalue weighted by molar-refractivity contribution is 7.28. The largest absolute Gasteiger partial charge is 0.494 e. The molecule has 0 aliphatic rings. The second-order valence-corrected chi connectivity index (χ2v) is 12.0. The number of nitrogens with zero attached hydrogens (tertiary/aromatic N) is 5. The molecule has 1 amide bonds. The van der Waals surface area contributed by atoms with Gasteiger partial charge in [0.05, 0.1) is 35.6 Å². The Morgan fingerprint density at radius 3 is 2.55 bits per heavy atom. The minimum absolute atomic E-state index is 0.304. The maximum Gasteiger partial charge on any atom is 0.247 e. The second kappa shape index (κ2) is 13.4. The Morgan fingerprint density at radius 2 is 1.90 bits per heavy atom. The number of aryl methyl sites for hydroxylation is 1. The van der Waals surface area contributed by atoms with Gasteiger partial charge in [0.1, 0.15) is 10.6 Å². The molecule has 4 rings (SSSR count). The number of hydrogen-bond donors (Lipinski definition) is 2. The van der Waals surface area contributed by atoms with E-state index < -0.39 is 0 Å². The second-order valence-electron chi connectivity index (χ2n) is 10.4. The molecule has 0 aliphatic heterocycles. The molecular formula is C31H38N7O2PS. The first-order chi connectivity index (χ1) is 20.0. The number of thiophene rings is 1. The number of anilines is 4. The van der Waals surface area contributed by atoms with Gasteiger partial charge in [0.15, 0.2) is 0 Å². The molecule has 2 N–H and O–H groups in total. The fraction of sp³-hybridized carbons (Fsp3) is 0.290. The van der Waals surface area contributed by atoms with Gasteiger partial charge in [-0.2, -0.15) is 0 Å². The van der Waals surface area contributed by atoms with Crippen LogP contribution >= 0.6 is 20.6 Å². The number of amides is 1. The summed E-state index contributed by atoms with van der Waals surface area (Å²) in [6.07, 6.45) is 1.25. The summed E-state index contributed by atoms with van der Waals surface area (Å²) in [5, 5.41) is 10.3. The van der Waals surface area contributed by atoms with Crippen molar-refractivity contribution in [3.05, 3.63) is 53.9 Å². The summed E-state index contributed by atoms with van der Waals surface area (Å²) in [5.74, 6) is 0.707. The van der Waals surface area contributed by atoms with E-state index in [-0.39, 0.29) is 5.91 Å². The van der Waals surface area contributed by atoms with Crippen LogP contribution in [-0.4, -0.2) is 67.8 Å². The van der Waals surface area contributed by atoms with Crippen molar-refractivity contribution in [3.8, 4) is 17.0 Å². The van der Waals surface area contributed by atoms with Crippen LogP contribution in [0.5, 0.6) is 5.75 Å². The third kappa shape index (κ3) is 7.13. The molecule has 42 heavy (non-hydrogen) atoms. The third-order valence-corrected chi connectivity index (χ3v) is 7.81. The Kier molecular flexibility index (Phi) is 9.93. The number of carbonyl (C=O) groups is 1. The average molecular weight is 604 g/mol. The molecule has 2 aromatic heterocycles. The zero-order chi connectivity index (χ0) is 30.6.